The number of aryl methyl sites for hydroxylation is 2. The molecule has 0 aromatic heterocycles. The molecule has 0 aliphatic carbocycles. The van der Waals surface area contributed by atoms with Crippen LogP contribution in [0.4, 0.5) is 0 Å². The summed E-state index contributed by atoms with van der Waals surface area (Å²) in [6.45, 7) is 4.68. The van der Waals surface area contributed by atoms with Gasteiger partial charge in [-0.1, -0.05) is 30.3 Å². The minimum absolute atomic E-state index is 0.0110. The first-order valence-electron chi connectivity index (χ1n) is 9.40. The van der Waals surface area contributed by atoms with Crippen molar-refractivity contribution in [2.45, 2.75) is 37.6 Å². The van der Waals surface area contributed by atoms with Gasteiger partial charge in [0.25, 0.3) is 5.91 Å². The van der Waals surface area contributed by atoms with Crippen LogP contribution in [0.25, 0.3) is 0 Å². The lowest BCUT2D eigenvalue weighted by Gasteiger charge is -2.32. The highest BCUT2D eigenvalue weighted by molar-refractivity contribution is 7.89. The molecule has 0 bridgehead atoms. The second kappa shape index (κ2) is 8.75. The lowest BCUT2D eigenvalue weighted by Crippen LogP contribution is -2.47. The van der Waals surface area contributed by atoms with E-state index in [1.807, 2.05) is 49.4 Å². The Hall–Kier alpha value is -2.38. The Kier molecular flexibility index (Phi) is 6.36. The predicted octanol–water partition coefficient (Wildman–Crippen LogP) is 2.65. The summed E-state index contributed by atoms with van der Waals surface area (Å²) in [5.41, 5.74) is 1.63. The SMILES string of the molecule is Cc1ccc(C)c(S(=O)(=O)NC2CCN(C(=O)COc3ccccc3)CC2)c1. The summed E-state index contributed by atoms with van der Waals surface area (Å²) in [6.07, 6.45) is 1.17. The van der Waals surface area contributed by atoms with Crippen LogP contribution >= 0.6 is 0 Å². The first-order chi connectivity index (χ1) is 13.3. The van der Waals surface area contributed by atoms with Gasteiger partial charge in [0.2, 0.25) is 10.0 Å². The van der Waals surface area contributed by atoms with E-state index in [0.29, 0.717) is 36.6 Å². The summed E-state index contributed by atoms with van der Waals surface area (Å²) in [7, 11) is -3.58. The van der Waals surface area contributed by atoms with Crippen molar-refractivity contribution in [2.75, 3.05) is 19.7 Å². The van der Waals surface area contributed by atoms with Gasteiger partial charge in [-0.05, 0) is 56.0 Å². The number of rotatable bonds is 6. The highest BCUT2D eigenvalue weighted by Gasteiger charge is 2.27. The van der Waals surface area contributed by atoms with Gasteiger partial charge in [-0.25, -0.2) is 13.1 Å². The van der Waals surface area contributed by atoms with Gasteiger partial charge in [0.05, 0.1) is 4.90 Å². The molecular formula is C21H26N2O4S. The summed E-state index contributed by atoms with van der Waals surface area (Å²) in [6, 6.07) is 14.4. The smallest absolute Gasteiger partial charge is 0.260 e. The minimum atomic E-state index is -3.58. The van der Waals surface area contributed by atoms with E-state index in [9.17, 15) is 13.2 Å². The molecule has 0 spiro atoms. The van der Waals surface area contributed by atoms with Gasteiger partial charge in [0.1, 0.15) is 5.75 Å². The molecule has 3 rings (SSSR count). The highest BCUT2D eigenvalue weighted by Crippen LogP contribution is 2.19. The number of benzene rings is 2. The third-order valence-corrected chi connectivity index (χ3v) is 6.57. The van der Waals surface area contributed by atoms with Crippen molar-refractivity contribution < 1.29 is 17.9 Å². The highest BCUT2D eigenvalue weighted by atomic mass is 32.2. The summed E-state index contributed by atoms with van der Waals surface area (Å²) < 4.78 is 33.8. The Balaban J connectivity index is 1.52. The average molecular weight is 403 g/mol. The topological polar surface area (TPSA) is 75.7 Å². The van der Waals surface area contributed by atoms with Crippen LogP contribution in [-0.4, -0.2) is 45.0 Å². The average Bonchev–Trinajstić information content (AvgIpc) is 2.69. The van der Waals surface area contributed by atoms with Crippen LogP contribution in [0, 0.1) is 13.8 Å². The van der Waals surface area contributed by atoms with Crippen LogP contribution in [0.5, 0.6) is 5.75 Å². The van der Waals surface area contributed by atoms with E-state index in [0.717, 1.165) is 11.1 Å². The zero-order valence-electron chi connectivity index (χ0n) is 16.2. The van der Waals surface area contributed by atoms with Crippen LogP contribution < -0.4 is 9.46 Å². The molecule has 0 atom stereocenters. The second-order valence-corrected chi connectivity index (χ2v) is 8.83. The fourth-order valence-electron chi connectivity index (χ4n) is 3.28. The molecule has 1 saturated heterocycles. The molecule has 2 aromatic carbocycles. The van der Waals surface area contributed by atoms with E-state index in [1.54, 1.807) is 17.9 Å². The first kappa shape index (κ1) is 20.4. The van der Waals surface area contributed by atoms with Gasteiger partial charge in [0.15, 0.2) is 6.61 Å². The maximum absolute atomic E-state index is 12.7. The van der Waals surface area contributed by atoms with E-state index in [1.165, 1.54) is 0 Å². The number of para-hydroxylation sites is 1. The lowest BCUT2D eigenvalue weighted by atomic mass is 10.1. The number of amides is 1. The normalized spacial score (nSPS) is 15.4. The number of nitrogens with zero attached hydrogens (tertiary/aromatic N) is 1. The number of likely N-dealkylation sites (tertiary alicyclic amines) is 1. The number of ether oxygens (including phenoxy) is 1. The molecule has 1 N–H and O–H groups in total. The number of carbonyl (C=O) groups excluding carboxylic acids is 1. The number of piperidine rings is 1. The number of nitrogens with one attached hydrogen (secondary N) is 1. The van der Waals surface area contributed by atoms with Crippen molar-refractivity contribution in [1.29, 1.82) is 0 Å². The number of sulfonamides is 1. The Morgan fingerprint density at radius 1 is 1.11 bits per heavy atom. The Bertz CT molecular complexity index is 921. The molecule has 0 unspecified atom stereocenters. The molecule has 1 amide bonds. The van der Waals surface area contributed by atoms with E-state index < -0.39 is 10.0 Å². The number of hydrogen-bond acceptors (Lipinski definition) is 4. The molecule has 0 radical (unpaired) electrons. The summed E-state index contributed by atoms with van der Waals surface area (Å²) >= 11 is 0. The van der Waals surface area contributed by atoms with Crippen molar-refractivity contribution in [2.24, 2.45) is 0 Å². The molecule has 1 aliphatic heterocycles. The second-order valence-electron chi connectivity index (χ2n) is 7.15. The molecule has 28 heavy (non-hydrogen) atoms. The zero-order chi connectivity index (χ0) is 20.1. The number of carbonyl (C=O) groups is 1. The standard InChI is InChI=1S/C21H26N2O4S/c1-16-8-9-17(2)20(14-16)28(25,26)22-18-10-12-23(13-11-18)21(24)15-27-19-6-4-3-5-7-19/h3-9,14,18,22H,10-13,15H2,1-2H3. The van der Waals surface area contributed by atoms with E-state index in [4.69, 9.17) is 4.74 Å². The van der Waals surface area contributed by atoms with Crippen LogP contribution in [0.1, 0.15) is 24.0 Å². The molecule has 7 heteroatoms. The minimum Gasteiger partial charge on any atom is -0.484 e. The van der Waals surface area contributed by atoms with E-state index in [2.05, 4.69) is 4.72 Å². The summed E-state index contributed by atoms with van der Waals surface area (Å²) in [4.78, 5) is 14.4. The molecule has 150 valence electrons. The van der Waals surface area contributed by atoms with Gasteiger partial charge in [0, 0.05) is 19.1 Å². The molecule has 1 aliphatic rings. The van der Waals surface area contributed by atoms with Gasteiger partial charge in [-0.15, -0.1) is 0 Å². The summed E-state index contributed by atoms with van der Waals surface area (Å²) in [5, 5.41) is 0. The Labute approximate surface area is 166 Å². The van der Waals surface area contributed by atoms with Gasteiger partial charge < -0.3 is 9.64 Å². The van der Waals surface area contributed by atoms with Crippen LogP contribution in [0.2, 0.25) is 0 Å². The summed E-state index contributed by atoms with van der Waals surface area (Å²) in [5.74, 6) is 0.576. The van der Waals surface area contributed by atoms with Crippen LogP contribution in [0.15, 0.2) is 53.4 Å². The van der Waals surface area contributed by atoms with Gasteiger partial charge in [-0.2, -0.15) is 0 Å². The van der Waals surface area contributed by atoms with Gasteiger partial charge in [-0.3, -0.25) is 4.79 Å². The van der Waals surface area contributed by atoms with E-state index in [-0.39, 0.29) is 18.6 Å². The molecule has 0 saturated carbocycles. The largest absolute Gasteiger partial charge is 0.484 e. The van der Waals surface area contributed by atoms with Crippen molar-refractivity contribution in [3.63, 3.8) is 0 Å². The third kappa shape index (κ3) is 5.11. The van der Waals surface area contributed by atoms with E-state index >= 15 is 0 Å². The fraction of sp³-hybridized carbons (Fsp3) is 0.381. The maximum atomic E-state index is 12.7. The quantitative estimate of drug-likeness (QED) is 0.806. The molecule has 1 heterocycles. The first-order valence-corrected chi connectivity index (χ1v) is 10.9. The fourth-order valence-corrected chi connectivity index (χ4v) is 4.91. The monoisotopic (exact) mass is 402 g/mol. The Morgan fingerprint density at radius 2 is 1.79 bits per heavy atom. The molecule has 2 aromatic rings. The van der Waals surface area contributed by atoms with Crippen molar-refractivity contribution >= 4 is 15.9 Å². The predicted molar refractivity (Wildman–Crippen MR) is 108 cm³/mol. The van der Waals surface area contributed by atoms with Crippen molar-refractivity contribution in [3.05, 3.63) is 59.7 Å². The van der Waals surface area contributed by atoms with Gasteiger partial charge >= 0.3 is 0 Å². The lowest BCUT2D eigenvalue weighted by molar-refractivity contribution is -0.134. The van der Waals surface area contributed by atoms with Crippen molar-refractivity contribution in [3.8, 4) is 5.75 Å². The molecular weight excluding hydrogens is 376 g/mol. The van der Waals surface area contributed by atoms with Crippen LogP contribution in [-0.2, 0) is 14.8 Å². The van der Waals surface area contributed by atoms with Crippen LogP contribution in [0.3, 0.4) is 0 Å². The molecule has 1 fully saturated rings. The third-order valence-electron chi connectivity index (χ3n) is 4.91. The number of hydrogen-bond donors (Lipinski definition) is 1. The zero-order valence-corrected chi connectivity index (χ0v) is 17.0. The Morgan fingerprint density at radius 3 is 2.46 bits per heavy atom. The van der Waals surface area contributed by atoms with Crippen molar-refractivity contribution in [1.82, 2.24) is 9.62 Å². The molecule has 6 nitrogen and oxygen atoms in total. The maximum Gasteiger partial charge on any atom is 0.260 e.